The summed E-state index contributed by atoms with van der Waals surface area (Å²) < 4.78 is 30.9. The Labute approximate surface area is 201 Å². The van der Waals surface area contributed by atoms with E-state index in [0.29, 0.717) is 62.8 Å². The van der Waals surface area contributed by atoms with Gasteiger partial charge in [0.2, 0.25) is 21.8 Å². The highest BCUT2D eigenvalue weighted by Crippen LogP contribution is 2.37. The second kappa shape index (κ2) is 11.0. The maximum absolute atomic E-state index is 13.1. The highest BCUT2D eigenvalue weighted by molar-refractivity contribution is 7.88. The normalized spacial score (nSPS) is 19.4. The molecule has 2 aliphatic heterocycles. The average Bonchev–Trinajstić information content (AvgIpc) is 2.77. The van der Waals surface area contributed by atoms with Gasteiger partial charge >= 0.3 is 0 Å². The van der Waals surface area contributed by atoms with Crippen molar-refractivity contribution in [2.45, 2.75) is 19.3 Å². The number of likely N-dealkylation sites (N-methyl/N-ethyl adjacent to an activating group) is 1. The molecule has 0 aliphatic carbocycles. The van der Waals surface area contributed by atoms with Crippen LogP contribution in [0.4, 0.5) is 0 Å². The fourth-order valence-corrected chi connectivity index (χ4v) is 4.67. The number of carbonyl (C=O) groups excluding carboxylic acids is 2. The van der Waals surface area contributed by atoms with E-state index in [0.717, 1.165) is 19.3 Å². The maximum atomic E-state index is 13.1. The Morgan fingerprint density at radius 1 is 1.00 bits per heavy atom. The minimum Gasteiger partial charge on any atom is -0.493 e. The van der Waals surface area contributed by atoms with Crippen molar-refractivity contribution >= 4 is 33.4 Å². The van der Waals surface area contributed by atoms with Crippen LogP contribution in [0.3, 0.4) is 0 Å². The lowest BCUT2D eigenvalue weighted by atomic mass is 9.75. The topological polar surface area (TPSA) is 99.3 Å². The van der Waals surface area contributed by atoms with Crippen LogP contribution >= 0.6 is 11.6 Å². The molecule has 0 saturated carbocycles. The van der Waals surface area contributed by atoms with E-state index < -0.39 is 15.4 Å². The standard InChI is InChI=1S/C22H33ClN4O5S/c1-25-11-13-27(14-12-25)20(28)15-22(17-32-19-5-3-18(23)4-6-19)7-9-26(10-8-22)21(29)16-24-33(2,30)31/h3-6,24H,7-17H2,1-2H3. The first-order valence-corrected chi connectivity index (χ1v) is 13.4. The summed E-state index contributed by atoms with van der Waals surface area (Å²) in [4.78, 5) is 31.4. The van der Waals surface area contributed by atoms with Gasteiger partial charge in [0, 0.05) is 56.1 Å². The van der Waals surface area contributed by atoms with Crippen LogP contribution in [-0.4, -0.2) is 101 Å². The Balaban J connectivity index is 1.65. The largest absolute Gasteiger partial charge is 0.493 e. The zero-order valence-electron chi connectivity index (χ0n) is 19.3. The number of nitrogens with one attached hydrogen (secondary N) is 1. The summed E-state index contributed by atoms with van der Waals surface area (Å²) in [5, 5.41) is 0.622. The second-order valence-electron chi connectivity index (χ2n) is 9.08. The van der Waals surface area contributed by atoms with Crippen LogP contribution in [0.5, 0.6) is 5.75 Å². The van der Waals surface area contributed by atoms with Gasteiger partial charge in [-0.1, -0.05) is 11.6 Å². The molecule has 2 fully saturated rings. The number of carbonyl (C=O) groups is 2. The summed E-state index contributed by atoms with van der Waals surface area (Å²) in [5.41, 5.74) is -0.402. The lowest BCUT2D eigenvalue weighted by Gasteiger charge is -2.42. The van der Waals surface area contributed by atoms with E-state index >= 15 is 0 Å². The van der Waals surface area contributed by atoms with Crippen LogP contribution in [0.15, 0.2) is 24.3 Å². The number of hydrogen-bond acceptors (Lipinski definition) is 6. The van der Waals surface area contributed by atoms with Crippen molar-refractivity contribution in [2.75, 3.05) is 65.7 Å². The molecule has 1 aromatic rings. The van der Waals surface area contributed by atoms with Crippen molar-refractivity contribution in [3.05, 3.63) is 29.3 Å². The number of hydrogen-bond donors (Lipinski definition) is 1. The van der Waals surface area contributed by atoms with Crippen LogP contribution in [-0.2, 0) is 19.6 Å². The van der Waals surface area contributed by atoms with Gasteiger partial charge < -0.3 is 19.4 Å². The van der Waals surface area contributed by atoms with Gasteiger partial charge in [-0.05, 0) is 44.2 Å². The van der Waals surface area contributed by atoms with E-state index in [-0.39, 0.29) is 18.4 Å². The molecule has 1 N–H and O–H groups in total. The van der Waals surface area contributed by atoms with Gasteiger partial charge in [0.05, 0.1) is 19.4 Å². The van der Waals surface area contributed by atoms with Gasteiger partial charge in [-0.3, -0.25) is 9.59 Å². The molecule has 2 heterocycles. The Morgan fingerprint density at radius 3 is 2.15 bits per heavy atom. The zero-order valence-corrected chi connectivity index (χ0v) is 20.8. The van der Waals surface area contributed by atoms with Crippen LogP contribution in [0.25, 0.3) is 0 Å². The Morgan fingerprint density at radius 2 is 1.58 bits per heavy atom. The number of nitrogens with zero attached hydrogens (tertiary/aromatic N) is 3. The number of benzene rings is 1. The highest BCUT2D eigenvalue weighted by atomic mass is 35.5. The molecular formula is C22H33ClN4O5S. The van der Waals surface area contributed by atoms with Crippen molar-refractivity contribution in [3.8, 4) is 5.75 Å². The molecule has 0 radical (unpaired) electrons. The summed E-state index contributed by atoms with van der Waals surface area (Å²) >= 11 is 5.96. The lowest BCUT2D eigenvalue weighted by molar-refractivity contribution is -0.138. The zero-order chi connectivity index (χ0) is 24.1. The Bertz CT molecular complexity index is 925. The SMILES string of the molecule is CN1CCN(C(=O)CC2(COc3ccc(Cl)cc3)CCN(C(=O)CNS(C)(=O)=O)CC2)CC1. The predicted octanol–water partition coefficient (Wildman–Crippen LogP) is 1.04. The average molecular weight is 501 g/mol. The summed E-state index contributed by atoms with van der Waals surface area (Å²) in [6.45, 7) is 4.14. The van der Waals surface area contributed by atoms with Crippen molar-refractivity contribution in [1.29, 1.82) is 0 Å². The minimum atomic E-state index is -3.44. The van der Waals surface area contributed by atoms with E-state index in [2.05, 4.69) is 16.7 Å². The molecule has 2 aliphatic rings. The van der Waals surface area contributed by atoms with E-state index in [4.69, 9.17) is 16.3 Å². The third kappa shape index (κ3) is 7.84. The number of piperazine rings is 1. The number of rotatable bonds is 8. The van der Waals surface area contributed by atoms with Crippen molar-refractivity contribution in [2.24, 2.45) is 5.41 Å². The highest BCUT2D eigenvalue weighted by Gasteiger charge is 2.40. The first-order chi connectivity index (χ1) is 15.6. The predicted molar refractivity (Wildman–Crippen MR) is 127 cm³/mol. The first-order valence-electron chi connectivity index (χ1n) is 11.1. The van der Waals surface area contributed by atoms with E-state index in [1.807, 2.05) is 4.90 Å². The molecule has 2 saturated heterocycles. The lowest BCUT2D eigenvalue weighted by Crippen LogP contribution is -2.52. The van der Waals surface area contributed by atoms with Crippen LogP contribution in [0, 0.1) is 5.41 Å². The molecule has 184 valence electrons. The molecule has 33 heavy (non-hydrogen) atoms. The van der Waals surface area contributed by atoms with Crippen molar-refractivity contribution < 1.29 is 22.7 Å². The van der Waals surface area contributed by atoms with Gasteiger partial charge in [0.1, 0.15) is 5.75 Å². The van der Waals surface area contributed by atoms with E-state index in [1.54, 1.807) is 29.2 Å². The van der Waals surface area contributed by atoms with E-state index in [9.17, 15) is 18.0 Å². The monoisotopic (exact) mass is 500 g/mol. The molecule has 0 atom stereocenters. The number of sulfonamides is 1. The summed E-state index contributed by atoms with van der Waals surface area (Å²) in [5.74, 6) is 0.529. The fraction of sp³-hybridized carbons (Fsp3) is 0.636. The first kappa shape index (κ1) is 25.7. The van der Waals surface area contributed by atoms with E-state index in [1.165, 1.54) is 0 Å². The van der Waals surface area contributed by atoms with Crippen molar-refractivity contribution in [3.63, 3.8) is 0 Å². The Hall–Kier alpha value is -1.88. The molecule has 1 aromatic carbocycles. The third-order valence-electron chi connectivity index (χ3n) is 6.40. The molecule has 0 unspecified atom stereocenters. The van der Waals surface area contributed by atoms with Crippen LogP contribution in [0.1, 0.15) is 19.3 Å². The molecule has 0 spiro atoms. The van der Waals surface area contributed by atoms with Gasteiger partial charge in [-0.2, -0.15) is 0 Å². The van der Waals surface area contributed by atoms with Crippen LogP contribution < -0.4 is 9.46 Å². The van der Waals surface area contributed by atoms with Gasteiger partial charge in [0.25, 0.3) is 0 Å². The van der Waals surface area contributed by atoms with Gasteiger partial charge in [-0.25, -0.2) is 13.1 Å². The number of amides is 2. The minimum absolute atomic E-state index is 0.112. The molecule has 9 nitrogen and oxygen atoms in total. The molecule has 0 aromatic heterocycles. The molecular weight excluding hydrogens is 468 g/mol. The molecule has 11 heteroatoms. The summed E-state index contributed by atoms with van der Waals surface area (Å²) in [6, 6.07) is 7.12. The summed E-state index contributed by atoms with van der Waals surface area (Å²) in [6.07, 6.45) is 2.59. The smallest absolute Gasteiger partial charge is 0.237 e. The van der Waals surface area contributed by atoms with Gasteiger partial charge in [-0.15, -0.1) is 0 Å². The van der Waals surface area contributed by atoms with Crippen molar-refractivity contribution in [1.82, 2.24) is 19.4 Å². The number of halogens is 1. The number of likely N-dealkylation sites (tertiary alicyclic amines) is 1. The second-order valence-corrected chi connectivity index (χ2v) is 11.3. The Kier molecular flexibility index (Phi) is 8.60. The van der Waals surface area contributed by atoms with Gasteiger partial charge in [0.15, 0.2) is 0 Å². The quantitative estimate of drug-likeness (QED) is 0.572. The number of piperidine rings is 1. The molecule has 2 amide bonds. The fourth-order valence-electron chi connectivity index (χ4n) is 4.16. The number of ether oxygens (including phenoxy) is 1. The molecule has 0 bridgehead atoms. The third-order valence-corrected chi connectivity index (χ3v) is 7.32. The van der Waals surface area contributed by atoms with Crippen LogP contribution in [0.2, 0.25) is 5.02 Å². The maximum Gasteiger partial charge on any atom is 0.237 e. The molecule has 3 rings (SSSR count). The summed E-state index contributed by atoms with van der Waals surface area (Å²) in [7, 11) is -1.39.